The fourth-order valence-electron chi connectivity index (χ4n) is 1.18. The highest BCUT2D eigenvalue weighted by Gasteiger charge is 2.45. The third kappa shape index (κ3) is 2.80. The van der Waals surface area contributed by atoms with Crippen molar-refractivity contribution in [3.8, 4) is 0 Å². The van der Waals surface area contributed by atoms with Gasteiger partial charge in [0.1, 0.15) is 6.10 Å². The molecule has 0 saturated heterocycles. The van der Waals surface area contributed by atoms with E-state index in [4.69, 9.17) is 0 Å². The van der Waals surface area contributed by atoms with Crippen LogP contribution in [0.3, 0.4) is 0 Å². The molecule has 3 nitrogen and oxygen atoms in total. The zero-order valence-corrected chi connectivity index (χ0v) is 10.3. The molecule has 0 aromatic heterocycles. The summed E-state index contributed by atoms with van der Waals surface area (Å²) in [4.78, 5) is 11.3. The van der Waals surface area contributed by atoms with E-state index in [1.54, 1.807) is 25.1 Å². The van der Waals surface area contributed by atoms with Gasteiger partial charge in [0.15, 0.2) is 0 Å². The molecule has 0 heterocycles. The number of alkyl halides is 2. The Morgan fingerprint density at radius 2 is 2.12 bits per heavy atom. The fourth-order valence-corrected chi connectivity index (χ4v) is 1.56. The van der Waals surface area contributed by atoms with Crippen LogP contribution in [0.1, 0.15) is 18.6 Å². The highest BCUT2D eigenvalue weighted by molar-refractivity contribution is 9.10. The molecule has 0 radical (unpaired) electrons. The minimum Gasteiger partial charge on any atom is -0.463 e. The van der Waals surface area contributed by atoms with Gasteiger partial charge in [0, 0.05) is 0 Å². The molecule has 1 aromatic carbocycles. The van der Waals surface area contributed by atoms with E-state index in [1.165, 1.54) is 12.1 Å². The number of aliphatic hydroxyl groups excluding tert-OH is 1. The molecule has 2 unspecified atom stereocenters. The number of halogens is 2. The average Bonchev–Trinajstić information content (AvgIpc) is 2.29. The normalized spacial score (nSPS) is 16.2. The standard InChI is InChI=1S/C11H12BrFO3/c1-2-16-10(15)11(12,13)9(14)8-6-4-3-5-7-8/h3-7,9,14H,2H2,1H3. The zero-order valence-electron chi connectivity index (χ0n) is 8.69. The van der Waals surface area contributed by atoms with Crippen LogP contribution in [0, 0.1) is 0 Å². The van der Waals surface area contributed by atoms with E-state index in [0.29, 0.717) is 5.56 Å². The molecule has 0 aliphatic carbocycles. The van der Waals surface area contributed by atoms with Crippen molar-refractivity contribution in [3.63, 3.8) is 0 Å². The Morgan fingerprint density at radius 1 is 1.56 bits per heavy atom. The van der Waals surface area contributed by atoms with Gasteiger partial charge in [0.2, 0.25) is 0 Å². The molecule has 0 amide bonds. The Kier molecular flexibility index (Phi) is 4.44. The number of hydrogen-bond acceptors (Lipinski definition) is 3. The maximum absolute atomic E-state index is 13.9. The number of aliphatic hydroxyl groups is 1. The van der Waals surface area contributed by atoms with Crippen molar-refractivity contribution in [2.24, 2.45) is 0 Å². The van der Waals surface area contributed by atoms with Crippen LogP contribution >= 0.6 is 15.9 Å². The smallest absolute Gasteiger partial charge is 0.358 e. The van der Waals surface area contributed by atoms with Gasteiger partial charge in [-0.1, -0.05) is 30.3 Å². The van der Waals surface area contributed by atoms with Crippen LogP contribution < -0.4 is 0 Å². The lowest BCUT2D eigenvalue weighted by atomic mass is 10.1. The molecule has 0 bridgehead atoms. The lowest BCUT2D eigenvalue weighted by molar-refractivity contribution is -0.156. The van der Waals surface area contributed by atoms with Crippen LogP contribution in [0.2, 0.25) is 0 Å². The molecule has 16 heavy (non-hydrogen) atoms. The third-order valence-electron chi connectivity index (χ3n) is 2.01. The molecule has 0 aliphatic heterocycles. The number of ether oxygens (including phenoxy) is 1. The van der Waals surface area contributed by atoms with Crippen molar-refractivity contribution in [2.75, 3.05) is 6.61 Å². The van der Waals surface area contributed by atoms with Crippen molar-refractivity contribution in [2.45, 2.75) is 17.6 Å². The van der Waals surface area contributed by atoms with Gasteiger partial charge < -0.3 is 9.84 Å². The van der Waals surface area contributed by atoms with E-state index >= 15 is 0 Å². The predicted molar refractivity (Wildman–Crippen MR) is 60.8 cm³/mol. The monoisotopic (exact) mass is 290 g/mol. The van der Waals surface area contributed by atoms with E-state index < -0.39 is 16.7 Å². The van der Waals surface area contributed by atoms with Crippen molar-refractivity contribution < 1.29 is 19.0 Å². The second-order valence-electron chi connectivity index (χ2n) is 3.16. The Bertz CT molecular complexity index is 354. The van der Waals surface area contributed by atoms with Gasteiger partial charge in [0.05, 0.1) is 6.61 Å². The molecule has 1 aromatic rings. The Balaban J connectivity index is 2.87. The second kappa shape index (κ2) is 5.41. The second-order valence-corrected chi connectivity index (χ2v) is 4.31. The quantitative estimate of drug-likeness (QED) is 0.684. The molecular weight excluding hydrogens is 279 g/mol. The minimum atomic E-state index is -2.62. The SMILES string of the molecule is CCOC(=O)C(F)(Br)C(O)c1ccccc1. The van der Waals surface area contributed by atoms with Crippen LogP contribution in [-0.2, 0) is 9.53 Å². The highest BCUT2D eigenvalue weighted by Crippen LogP contribution is 2.36. The number of esters is 1. The molecule has 0 fully saturated rings. The van der Waals surface area contributed by atoms with Gasteiger partial charge in [-0.2, -0.15) is 0 Å². The summed E-state index contributed by atoms with van der Waals surface area (Å²) in [6.07, 6.45) is -1.60. The largest absolute Gasteiger partial charge is 0.463 e. The summed E-state index contributed by atoms with van der Waals surface area (Å²) in [5.41, 5.74) is 0.301. The number of hydrogen-bond donors (Lipinski definition) is 1. The summed E-state index contributed by atoms with van der Waals surface area (Å²) in [7, 11) is 0. The first-order chi connectivity index (χ1) is 7.50. The Labute approximate surface area is 101 Å². The van der Waals surface area contributed by atoms with E-state index in [9.17, 15) is 14.3 Å². The van der Waals surface area contributed by atoms with E-state index in [2.05, 4.69) is 20.7 Å². The average molecular weight is 291 g/mol. The van der Waals surface area contributed by atoms with Gasteiger partial charge in [-0.25, -0.2) is 9.18 Å². The molecule has 0 saturated carbocycles. The van der Waals surface area contributed by atoms with Gasteiger partial charge in [0.25, 0.3) is 4.58 Å². The number of carbonyl (C=O) groups excluding carboxylic acids is 1. The number of rotatable bonds is 4. The maximum atomic E-state index is 13.9. The van der Waals surface area contributed by atoms with Gasteiger partial charge >= 0.3 is 5.97 Å². The molecule has 0 aliphatic rings. The van der Waals surface area contributed by atoms with Crippen LogP contribution in [0.4, 0.5) is 4.39 Å². The summed E-state index contributed by atoms with van der Waals surface area (Å²) in [5.74, 6) is -1.13. The number of benzene rings is 1. The molecular formula is C11H12BrFO3. The van der Waals surface area contributed by atoms with E-state index in [-0.39, 0.29) is 6.61 Å². The predicted octanol–water partition coefficient (Wildman–Crippen LogP) is 2.34. The fraction of sp³-hybridized carbons (Fsp3) is 0.364. The first-order valence-corrected chi connectivity index (χ1v) is 5.57. The van der Waals surface area contributed by atoms with Gasteiger partial charge in [-0.05, 0) is 28.4 Å². The highest BCUT2D eigenvalue weighted by atomic mass is 79.9. The van der Waals surface area contributed by atoms with Gasteiger partial charge in [-0.15, -0.1) is 0 Å². The lowest BCUT2D eigenvalue weighted by Crippen LogP contribution is -2.35. The summed E-state index contributed by atoms with van der Waals surface area (Å²) in [6, 6.07) is 8.08. The van der Waals surface area contributed by atoms with Crippen LogP contribution in [0.15, 0.2) is 30.3 Å². The molecule has 5 heteroatoms. The lowest BCUT2D eigenvalue weighted by Gasteiger charge is -2.22. The summed E-state index contributed by atoms with van der Waals surface area (Å²) in [6.45, 7) is 1.62. The Morgan fingerprint density at radius 3 is 2.62 bits per heavy atom. The first-order valence-electron chi connectivity index (χ1n) is 4.78. The van der Waals surface area contributed by atoms with Crippen LogP contribution in [-0.4, -0.2) is 22.3 Å². The molecule has 0 spiro atoms. The summed E-state index contributed by atoms with van der Waals surface area (Å²) < 4.78 is 15.9. The van der Waals surface area contributed by atoms with Crippen LogP contribution in [0.5, 0.6) is 0 Å². The number of carbonyl (C=O) groups is 1. The Hall–Kier alpha value is -0.940. The molecule has 1 rings (SSSR count). The van der Waals surface area contributed by atoms with E-state index in [1.807, 2.05) is 0 Å². The summed E-state index contributed by atoms with van der Waals surface area (Å²) in [5, 5.41) is 9.72. The molecule has 1 N–H and O–H groups in total. The van der Waals surface area contributed by atoms with Gasteiger partial charge in [-0.3, -0.25) is 0 Å². The van der Waals surface area contributed by atoms with Crippen molar-refractivity contribution in [1.29, 1.82) is 0 Å². The first kappa shape index (κ1) is 13.1. The summed E-state index contributed by atoms with van der Waals surface area (Å²) >= 11 is 2.56. The van der Waals surface area contributed by atoms with Crippen molar-refractivity contribution >= 4 is 21.9 Å². The van der Waals surface area contributed by atoms with E-state index in [0.717, 1.165) is 0 Å². The zero-order chi connectivity index (χ0) is 12.2. The molecule has 2 atom stereocenters. The van der Waals surface area contributed by atoms with Crippen LogP contribution in [0.25, 0.3) is 0 Å². The third-order valence-corrected chi connectivity index (χ3v) is 2.76. The van der Waals surface area contributed by atoms with Crippen molar-refractivity contribution in [3.05, 3.63) is 35.9 Å². The van der Waals surface area contributed by atoms with Crippen molar-refractivity contribution in [1.82, 2.24) is 0 Å². The minimum absolute atomic E-state index is 0.0532. The topological polar surface area (TPSA) is 46.5 Å². The maximum Gasteiger partial charge on any atom is 0.358 e. The molecule has 88 valence electrons.